The quantitative estimate of drug-likeness (QED) is 0.722. The number of hydrogen-bond donors (Lipinski definition) is 2. The van der Waals surface area contributed by atoms with E-state index in [9.17, 15) is 4.39 Å². The molecule has 1 aromatic rings. The minimum absolute atomic E-state index is 0.0684. The molecule has 1 aromatic heterocycles. The molecule has 15 heavy (non-hydrogen) atoms. The molecule has 1 saturated heterocycles. The lowest BCUT2D eigenvalue weighted by Gasteiger charge is -2.17. The molecule has 0 spiro atoms. The van der Waals surface area contributed by atoms with E-state index in [4.69, 9.17) is 10.8 Å². The zero-order valence-corrected chi connectivity index (χ0v) is 8.23. The van der Waals surface area contributed by atoms with Gasteiger partial charge in [-0.3, -0.25) is 0 Å². The van der Waals surface area contributed by atoms with Crippen LogP contribution in [0, 0.1) is 11.7 Å². The third-order valence-corrected chi connectivity index (χ3v) is 2.59. The Labute approximate surface area is 86.7 Å². The summed E-state index contributed by atoms with van der Waals surface area (Å²) in [7, 11) is 0. The van der Waals surface area contributed by atoms with Crippen LogP contribution in [0.15, 0.2) is 6.20 Å². The summed E-state index contributed by atoms with van der Waals surface area (Å²) in [6.07, 6.45) is 1.92. The summed E-state index contributed by atoms with van der Waals surface area (Å²) in [5.74, 6) is 0.0284. The Balaban J connectivity index is 2.19. The molecule has 0 aromatic carbocycles. The third-order valence-electron chi connectivity index (χ3n) is 2.59. The molecule has 82 valence electrons. The fourth-order valence-corrected chi connectivity index (χ4v) is 1.77. The molecule has 3 N–H and O–H groups in total. The van der Waals surface area contributed by atoms with Crippen molar-refractivity contribution >= 4 is 11.8 Å². The number of rotatable bonds is 2. The first-order valence-corrected chi connectivity index (χ1v) is 4.84. The Kier molecular flexibility index (Phi) is 2.68. The van der Waals surface area contributed by atoms with Gasteiger partial charge in [0.1, 0.15) is 0 Å². The van der Waals surface area contributed by atoms with Gasteiger partial charge in [0, 0.05) is 25.6 Å². The average Bonchev–Trinajstić information content (AvgIpc) is 2.70. The van der Waals surface area contributed by atoms with Gasteiger partial charge in [-0.05, 0) is 6.42 Å². The SMILES string of the molecule is Nc1ncc(F)c(N2CCC(CO)C2)n1. The maximum absolute atomic E-state index is 13.4. The van der Waals surface area contributed by atoms with Crippen LogP contribution in [0.2, 0.25) is 0 Å². The Morgan fingerprint density at radius 3 is 3.13 bits per heavy atom. The second-order valence-electron chi connectivity index (χ2n) is 3.68. The highest BCUT2D eigenvalue weighted by Gasteiger charge is 2.25. The van der Waals surface area contributed by atoms with E-state index in [0.29, 0.717) is 13.1 Å². The van der Waals surface area contributed by atoms with Crippen molar-refractivity contribution in [1.82, 2.24) is 9.97 Å². The number of aromatic nitrogens is 2. The van der Waals surface area contributed by atoms with Crippen LogP contribution in [0.25, 0.3) is 0 Å². The van der Waals surface area contributed by atoms with Gasteiger partial charge >= 0.3 is 0 Å². The largest absolute Gasteiger partial charge is 0.396 e. The summed E-state index contributed by atoms with van der Waals surface area (Å²) in [6, 6.07) is 0. The van der Waals surface area contributed by atoms with E-state index in [1.807, 2.05) is 0 Å². The first kappa shape index (κ1) is 10.1. The fraction of sp³-hybridized carbons (Fsp3) is 0.556. The van der Waals surface area contributed by atoms with Crippen LogP contribution in [0.5, 0.6) is 0 Å². The van der Waals surface area contributed by atoms with Gasteiger partial charge in [-0.1, -0.05) is 0 Å². The summed E-state index contributed by atoms with van der Waals surface area (Å²) in [4.78, 5) is 9.21. The molecule has 1 unspecified atom stereocenters. The Bertz CT molecular complexity index is 360. The molecule has 6 heteroatoms. The number of hydrogen-bond acceptors (Lipinski definition) is 5. The van der Waals surface area contributed by atoms with Crippen molar-refractivity contribution in [2.24, 2.45) is 5.92 Å². The fourth-order valence-electron chi connectivity index (χ4n) is 1.77. The molecule has 2 rings (SSSR count). The van der Waals surface area contributed by atoms with Crippen LogP contribution in [0.4, 0.5) is 16.2 Å². The number of nitrogen functional groups attached to an aromatic ring is 1. The molecule has 0 amide bonds. The van der Waals surface area contributed by atoms with E-state index in [-0.39, 0.29) is 24.3 Å². The number of anilines is 2. The van der Waals surface area contributed by atoms with Crippen molar-refractivity contribution in [3.63, 3.8) is 0 Å². The van der Waals surface area contributed by atoms with Gasteiger partial charge in [0.05, 0.1) is 6.20 Å². The molecular weight excluding hydrogens is 199 g/mol. The maximum Gasteiger partial charge on any atom is 0.222 e. The smallest absolute Gasteiger partial charge is 0.222 e. The summed E-state index contributed by atoms with van der Waals surface area (Å²) in [6.45, 7) is 1.43. The molecule has 1 aliphatic heterocycles. The Morgan fingerprint density at radius 2 is 2.47 bits per heavy atom. The standard InChI is InChI=1S/C9H13FN4O/c10-7-3-12-9(11)13-8(7)14-2-1-6(4-14)5-15/h3,6,15H,1-2,4-5H2,(H2,11,12,13). The van der Waals surface area contributed by atoms with E-state index in [2.05, 4.69) is 9.97 Å². The van der Waals surface area contributed by atoms with Gasteiger partial charge in [0.15, 0.2) is 11.6 Å². The van der Waals surface area contributed by atoms with Crippen LogP contribution in [-0.4, -0.2) is 34.8 Å². The summed E-state index contributed by atoms with van der Waals surface area (Å²) in [5, 5.41) is 8.98. The summed E-state index contributed by atoms with van der Waals surface area (Å²) in [5.41, 5.74) is 5.40. The second kappa shape index (κ2) is 3.98. The normalized spacial score (nSPS) is 20.9. The Morgan fingerprint density at radius 1 is 1.67 bits per heavy atom. The second-order valence-corrected chi connectivity index (χ2v) is 3.68. The lowest BCUT2D eigenvalue weighted by Crippen LogP contribution is -2.23. The molecular formula is C9H13FN4O. The van der Waals surface area contributed by atoms with Crippen molar-refractivity contribution in [3.8, 4) is 0 Å². The first-order valence-electron chi connectivity index (χ1n) is 4.84. The van der Waals surface area contributed by atoms with Crippen molar-refractivity contribution < 1.29 is 9.50 Å². The van der Waals surface area contributed by atoms with Gasteiger partial charge in [-0.25, -0.2) is 9.37 Å². The van der Waals surface area contributed by atoms with Gasteiger partial charge in [0.2, 0.25) is 5.95 Å². The molecule has 2 heterocycles. The molecule has 0 radical (unpaired) electrons. The number of aliphatic hydroxyl groups excluding tert-OH is 1. The van der Waals surface area contributed by atoms with Crippen molar-refractivity contribution in [1.29, 1.82) is 0 Å². The zero-order chi connectivity index (χ0) is 10.8. The minimum atomic E-state index is -0.470. The van der Waals surface area contributed by atoms with E-state index >= 15 is 0 Å². The van der Waals surface area contributed by atoms with E-state index < -0.39 is 5.82 Å². The number of nitrogens with zero attached hydrogens (tertiary/aromatic N) is 3. The van der Waals surface area contributed by atoms with E-state index in [1.165, 1.54) is 0 Å². The molecule has 1 fully saturated rings. The van der Waals surface area contributed by atoms with Gasteiger partial charge < -0.3 is 15.7 Å². The topological polar surface area (TPSA) is 75.3 Å². The Hall–Kier alpha value is -1.43. The third kappa shape index (κ3) is 1.99. The highest BCUT2D eigenvalue weighted by molar-refractivity contribution is 5.43. The van der Waals surface area contributed by atoms with Crippen LogP contribution >= 0.6 is 0 Å². The van der Waals surface area contributed by atoms with E-state index in [1.54, 1.807) is 4.90 Å². The molecule has 0 saturated carbocycles. The highest BCUT2D eigenvalue weighted by Crippen LogP contribution is 2.24. The monoisotopic (exact) mass is 212 g/mol. The predicted octanol–water partition coefficient (Wildman–Crippen LogP) is 0.0165. The van der Waals surface area contributed by atoms with Gasteiger partial charge in [0.25, 0.3) is 0 Å². The predicted molar refractivity (Wildman–Crippen MR) is 53.8 cm³/mol. The lowest BCUT2D eigenvalue weighted by molar-refractivity contribution is 0.238. The van der Waals surface area contributed by atoms with Crippen LogP contribution < -0.4 is 10.6 Å². The first-order chi connectivity index (χ1) is 7.20. The molecule has 1 atom stereocenters. The van der Waals surface area contributed by atoms with Crippen molar-refractivity contribution in [2.45, 2.75) is 6.42 Å². The van der Waals surface area contributed by atoms with Crippen LogP contribution in [0.1, 0.15) is 6.42 Å². The molecule has 0 bridgehead atoms. The lowest BCUT2D eigenvalue weighted by atomic mass is 10.1. The summed E-state index contributed by atoms with van der Waals surface area (Å²) < 4.78 is 13.4. The van der Waals surface area contributed by atoms with Crippen LogP contribution in [0.3, 0.4) is 0 Å². The molecule has 0 aliphatic carbocycles. The van der Waals surface area contributed by atoms with Gasteiger partial charge in [-0.2, -0.15) is 4.98 Å². The average molecular weight is 212 g/mol. The zero-order valence-electron chi connectivity index (χ0n) is 8.23. The number of nitrogens with two attached hydrogens (primary N) is 1. The number of halogens is 1. The number of aliphatic hydroxyl groups is 1. The maximum atomic E-state index is 13.4. The van der Waals surface area contributed by atoms with E-state index in [0.717, 1.165) is 12.6 Å². The summed E-state index contributed by atoms with van der Waals surface area (Å²) >= 11 is 0. The van der Waals surface area contributed by atoms with Crippen LogP contribution in [-0.2, 0) is 0 Å². The van der Waals surface area contributed by atoms with Crippen molar-refractivity contribution in [2.75, 3.05) is 30.3 Å². The minimum Gasteiger partial charge on any atom is -0.396 e. The molecule has 1 aliphatic rings. The molecule has 5 nitrogen and oxygen atoms in total. The highest BCUT2D eigenvalue weighted by atomic mass is 19.1. The van der Waals surface area contributed by atoms with Crippen molar-refractivity contribution in [3.05, 3.63) is 12.0 Å². The van der Waals surface area contributed by atoms with Gasteiger partial charge in [-0.15, -0.1) is 0 Å².